The molecule has 2 aromatic carbocycles. The molecular weight excluding hydrogens is 296 g/mol. The number of carbonyl (C=O) groups is 3. The molecule has 0 saturated heterocycles. The van der Waals surface area contributed by atoms with Gasteiger partial charge in [-0.2, -0.15) is 0 Å². The SMILES string of the molecule is CC(=O)Oc1ccc(C(=O)COC(=O)c2ccccc2C)cc1. The van der Waals surface area contributed by atoms with E-state index in [0.717, 1.165) is 5.56 Å². The lowest BCUT2D eigenvalue weighted by atomic mass is 10.1. The highest BCUT2D eigenvalue weighted by Crippen LogP contribution is 2.13. The topological polar surface area (TPSA) is 69.7 Å². The van der Waals surface area contributed by atoms with Gasteiger partial charge in [-0.15, -0.1) is 0 Å². The van der Waals surface area contributed by atoms with Crippen molar-refractivity contribution in [3.8, 4) is 5.75 Å². The molecule has 0 bridgehead atoms. The van der Waals surface area contributed by atoms with Gasteiger partial charge in [0.2, 0.25) is 0 Å². The minimum absolute atomic E-state index is 0.332. The van der Waals surface area contributed by atoms with Gasteiger partial charge in [-0.1, -0.05) is 18.2 Å². The van der Waals surface area contributed by atoms with Crippen LogP contribution in [0.3, 0.4) is 0 Å². The molecule has 5 nitrogen and oxygen atoms in total. The van der Waals surface area contributed by atoms with E-state index in [1.165, 1.54) is 31.2 Å². The van der Waals surface area contributed by atoms with Crippen LogP contribution in [0.15, 0.2) is 48.5 Å². The van der Waals surface area contributed by atoms with Crippen molar-refractivity contribution in [3.05, 3.63) is 65.2 Å². The largest absolute Gasteiger partial charge is 0.454 e. The Labute approximate surface area is 133 Å². The summed E-state index contributed by atoms with van der Waals surface area (Å²) < 4.78 is 9.93. The highest BCUT2D eigenvalue weighted by atomic mass is 16.5. The number of hydrogen-bond donors (Lipinski definition) is 0. The maximum absolute atomic E-state index is 12.0. The minimum Gasteiger partial charge on any atom is -0.454 e. The maximum atomic E-state index is 12.0. The Kier molecular flexibility index (Phi) is 5.25. The summed E-state index contributed by atoms with van der Waals surface area (Å²) in [6, 6.07) is 13.1. The average molecular weight is 312 g/mol. The predicted octanol–water partition coefficient (Wildman–Crippen LogP) is 2.96. The molecular formula is C18H16O5. The summed E-state index contributed by atoms with van der Waals surface area (Å²) in [5, 5.41) is 0. The molecule has 23 heavy (non-hydrogen) atoms. The van der Waals surface area contributed by atoms with E-state index in [2.05, 4.69) is 0 Å². The fourth-order valence-electron chi connectivity index (χ4n) is 1.97. The van der Waals surface area contributed by atoms with Crippen LogP contribution in [-0.4, -0.2) is 24.3 Å². The minimum atomic E-state index is -0.534. The third-order valence-electron chi connectivity index (χ3n) is 3.14. The second-order valence-corrected chi connectivity index (χ2v) is 4.93. The Morgan fingerprint density at radius 2 is 1.61 bits per heavy atom. The van der Waals surface area contributed by atoms with E-state index in [0.29, 0.717) is 16.9 Å². The van der Waals surface area contributed by atoms with Crippen molar-refractivity contribution < 1.29 is 23.9 Å². The second-order valence-electron chi connectivity index (χ2n) is 4.93. The Bertz CT molecular complexity index is 731. The van der Waals surface area contributed by atoms with Crippen LogP contribution in [0.4, 0.5) is 0 Å². The number of Topliss-reactive ketones (excluding diaryl/α,β-unsaturated/α-hetero) is 1. The molecule has 0 aromatic heterocycles. The van der Waals surface area contributed by atoms with Gasteiger partial charge in [0.25, 0.3) is 0 Å². The molecule has 0 aliphatic heterocycles. The molecule has 0 radical (unpaired) electrons. The lowest BCUT2D eigenvalue weighted by molar-refractivity contribution is -0.131. The molecule has 0 amide bonds. The number of ketones is 1. The quantitative estimate of drug-likeness (QED) is 0.482. The molecule has 118 valence electrons. The first kappa shape index (κ1) is 16.4. The fraction of sp³-hybridized carbons (Fsp3) is 0.167. The second kappa shape index (κ2) is 7.35. The van der Waals surface area contributed by atoms with Crippen LogP contribution < -0.4 is 4.74 Å². The first-order valence-corrected chi connectivity index (χ1v) is 7.02. The van der Waals surface area contributed by atoms with Crippen LogP contribution in [0, 0.1) is 6.92 Å². The van der Waals surface area contributed by atoms with Crippen molar-refractivity contribution in [2.75, 3.05) is 6.61 Å². The van der Waals surface area contributed by atoms with E-state index in [4.69, 9.17) is 9.47 Å². The van der Waals surface area contributed by atoms with E-state index in [-0.39, 0.29) is 12.4 Å². The van der Waals surface area contributed by atoms with Crippen LogP contribution in [-0.2, 0) is 9.53 Å². The first-order valence-electron chi connectivity index (χ1n) is 7.02. The zero-order valence-electron chi connectivity index (χ0n) is 12.9. The Hall–Kier alpha value is -2.95. The summed E-state index contributed by atoms with van der Waals surface area (Å²) in [5.74, 6) is -0.948. The molecule has 0 spiro atoms. The van der Waals surface area contributed by atoms with Crippen LogP contribution in [0.2, 0.25) is 0 Å². The number of ether oxygens (including phenoxy) is 2. The van der Waals surface area contributed by atoms with Crippen LogP contribution in [0.25, 0.3) is 0 Å². The molecule has 0 saturated carbocycles. The van der Waals surface area contributed by atoms with Gasteiger partial charge in [-0.25, -0.2) is 4.79 Å². The summed E-state index contributed by atoms with van der Waals surface area (Å²) in [6.45, 7) is 2.75. The van der Waals surface area contributed by atoms with Gasteiger partial charge in [-0.05, 0) is 42.8 Å². The van der Waals surface area contributed by atoms with Gasteiger partial charge in [0, 0.05) is 12.5 Å². The molecule has 5 heteroatoms. The van der Waals surface area contributed by atoms with Crippen molar-refractivity contribution >= 4 is 17.7 Å². The zero-order chi connectivity index (χ0) is 16.8. The Morgan fingerprint density at radius 1 is 0.957 bits per heavy atom. The van der Waals surface area contributed by atoms with Gasteiger partial charge in [0.15, 0.2) is 12.4 Å². The maximum Gasteiger partial charge on any atom is 0.338 e. The lowest BCUT2D eigenvalue weighted by Crippen LogP contribution is -2.15. The van der Waals surface area contributed by atoms with Gasteiger partial charge in [0.05, 0.1) is 5.56 Å². The molecule has 0 aliphatic carbocycles. The van der Waals surface area contributed by atoms with Gasteiger partial charge < -0.3 is 9.47 Å². The average Bonchev–Trinajstić information content (AvgIpc) is 2.53. The number of carbonyl (C=O) groups excluding carboxylic acids is 3. The molecule has 0 atom stereocenters. The van der Waals surface area contributed by atoms with Crippen molar-refractivity contribution in [1.29, 1.82) is 0 Å². The molecule has 0 aliphatic rings. The predicted molar refractivity (Wildman–Crippen MR) is 83.5 cm³/mol. The third-order valence-corrected chi connectivity index (χ3v) is 3.14. The zero-order valence-corrected chi connectivity index (χ0v) is 12.9. The number of esters is 2. The Morgan fingerprint density at radius 3 is 2.22 bits per heavy atom. The van der Waals surface area contributed by atoms with Gasteiger partial charge in [0.1, 0.15) is 5.75 Å². The normalized spacial score (nSPS) is 10.0. The van der Waals surface area contributed by atoms with Crippen molar-refractivity contribution in [2.45, 2.75) is 13.8 Å². The molecule has 2 rings (SSSR count). The monoisotopic (exact) mass is 312 g/mol. The molecule has 0 unspecified atom stereocenters. The molecule has 0 N–H and O–H groups in total. The van der Waals surface area contributed by atoms with Crippen LogP contribution in [0.1, 0.15) is 33.2 Å². The van der Waals surface area contributed by atoms with E-state index < -0.39 is 11.9 Å². The molecule has 0 heterocycles. The smallest absolute Gasteiger partial charge is 0.338 e. The van der Waals surface area contributed by atoms with Crippen molar-refractivity contribution in [2.24, 2.45) is 0 Å². The Balaban J connectivity index is 1.95. The van der Waals surface area contributed by atoms with E-state index >= 15 is 0 Å². The van der Waals surface area contributed by atoms with Crippen molar-refractivity contribution in [3.63, 3.8) is 0 Å². The summed E-state index contributed by atoms with van der Waals surface area (Å²) in [4.78, 5) is 34.8. The summed E-state index contributed by atoms with van der Waals surface area (Å²) >= 11 is 0. The summed E-state index contributed by atoms with van der Waals surface area (Å²) in [5.41, 5.74) is 1.60. The summed E-state index contributed by atoms with van der Waals surface area (Å²) in [7, 11) is 0. The standard InChI is InChI=1S/C18H16O5/c1-12-5-3-4-6-16(12)18(21)22-11-17(20)14-7-9-15(10-8-14)23-13(2)19/h3-10H,11H2,1-2H3. The van der Waals surface area contributed by atoms with E-state index in [9.17, 15) is 14.4 Å². The molecule has 2 aromatic rings. The number of rotatable bonds is 5. The highest BCUT2D eigenvalue weighted by Gasteiger charge is 2.13. The van der Waals surface area contributed by atoms with E-state index in [1.54, 1.807) is 25.1 Å². The van der Waals surface area contributed by atoms with Crippen LogP contribution >= 0.6 is 0 Å². The van der Waals surface area contributed by atoms with E-state index in [1.807, 2.05) is 6.07 Å². The summed E-state index contributed by atoms with van der Waals surface area (Å²) in [6.07, 6.45) is 0. The van der Waals surface area contributed by atoms with Crippen LogP contribution in [0.5, 0.6) is 5.75 Å². The fourth-order valence-corrected chi connectivity index (χ4v) is 1.97. The number of hydrogen-bond acceptors (Lipinski definition) is 5. The van der Waals surface area contributed by atoms with Gasteiger partial charge in [-0.3, -0.25) is 9.59 Å². The third kappa shape index (κ3) is 4.51. The lowest BCUT2D eigenvalue weighted by Gasteiger charge is -2.07. The van der Waals surface area contributed by atoms with Crippen molar-refractivity contribution in [1.82, 2.24) is 0 Å². The first-order chi connectivity index (χ1) is 11.0. The van der Waals surface area contributed by atoms with Gasteiger partial charge >= 0.3 is 11.9 Å². The highest BCUT2D eigenvalue weighted by molar-refractivity contribution is 5.99. The molecule has 0 fully saturated rings. The number of benzene rings is 2. The number of aryl methyl sites for hydroxylation is 1.